The Morgan fingerprint density at radius 1 is 0.394 bits per heavy atom. The number of nitriles is 1. The second-order valence-corrected chi connectivity index (χ2v) is 25.2. The topological polar surface area (TPSA) is 816 Å². The van der Waals surface area contributed by atoms with Gasteiger partial charge in [0.1, 0.15) is 171 Å². The number of carboxylic acid groups (broad SMARTS) is 1. The van der Waals surface area contributed by atoms with Crippen LogP contribution in [0.1, 0.15) is 27.2 Å². The number of hydrogen-bond donors (Lipinski definition) is 31. The maximum atomic E-state index is 11.2. The third kappa shape index (κ3) is 27.8. The highest BCUT2D eigenvalue weighted by Crippen LogP contribution is 2.37. The summed E-state index contributed by atoms with van der Waals surface area (Å²) in [7, 11) is 8.98. The molecule has 0 aromatic heterocycles. The molecule has 17 unspecified atom stereocenters. The van der Waals surface area contributed by atoms with Gasteiger partial charge in [-0.3, -0.25) is 0 Å². The van der Waals surface area contributed by atoms with Gasteiger partial charge in [-0.05, 0) is 13.8 Å². The molecule has 109 heavy (non-hydrogen) atoms. The van der Waals surface area contributed by atoms with Crippen LogP contribution in [-0.2, 0) is 80.6 Å². The van der Waals surface area contributed by atoms with E-state index >= 15 is 0 Å². The van der Waals surface area contributed by atoms with Crippen molar-refractivity contribution < 1.29 is 239 Å². The van der Waals surface area contributed by atoms with Gasteiger partial charge in [0.25, 0.3) is 12.0 Å². The number of nitrogens with zero attached hydrogens (tertiary/aromatic N) is 1. The highest BCUT2D eigenvalue weighted by atomic mass is 16.8. The smallest absolute Gasteiger partial charge is 0.364 e. The fourth-order valence-corrected chi connectivity index (χ4v) is 11.1. The molecular formula is C60H115NO48. The van der Waals surface area contributed by atoms with Crippen LogP contribution in [0.3, 0.4) is 0 Å². The summed E-state index contributed by atoms with van der Waals surface area (Å²) in [6.07, 6.45) is -46.6. The summed E-state index contributed by atoms with van der Waals surface area (Å²) in [6.45, 7) is 1.48. The van der Waals surface area contributed by atoms with Gasteiger partial charge >= 0.3 is 5.97 Å². The van der Waals surface area contributed by atoms with Crippen molar-refractivity contribution in [3.05, 3.63) is 0 Å². The van der Waals surface area contributed by atoms with E-state index in [0.717, 1.165) is 13.4 Å². The summed E-state index contributed by atoms with van der Waals surface area (Å²) in [6, 6.07) is 0. The SMILES string of the molecule is COC1OC(C)[C@@H](O)[C@H](O)C1O.COC1OC(C)[C@H](O)[C@H](O)C1O.CO[C@@H]1OC(CO)[C@@H](O)[C@H](O)C1O.CO[C@H]1OC(CO)[C@@H](O)[C@H](O)C1O.CO[C@H]1OC(CO)[C@@H](O[C@@H]2OC(CO)[C@H](O)[C@H](O)C2O)[C@H](O)C1O.CO[C@H]1OC(CO)[C@H](O)[C@H](O)C1O.CO[C@]1(C(=O)O)C[C@@H](O)[C@@H](C)C([C@H](O)[C@H](O)CO)O1.N#CO. The molecule has 0 bridgehead atoms. The molecule has 41 atom stereocenters. The minimum Gasteiger partial charge on any atom is -0.477 e. The third-order valence-corrected chi connectivity index (χ3v) is 18.0. The fraction of sp³-hybridized carbons (Fsp3) is 0.967. The Morgan fingerprint density at radius 2 is 0.642 bits per heavy atom. The number of aliphatic carboxylic acids is 1. The minimum atomic E-state index is -2.08. The Kier molecular flexibility index (Phi) is 48.1. The average Bonchev–Trinajstić information content (AvgIpc) is 0.789. The van der Waals surface area contributed by atoms with E-state index in [1.165, 1.54) is 42.7 Å². The number of aliphatic hydroxyl groups is 30. The van der Waals surface area contributed by atoms with Crippen molar-refractivity contribution >= 4 is 5.97 Å². The van der Waals surface area contributed by atoms with Crippen molar-refractivity contribution in [1.82, 2.24) is 0 Å². The number of hydrogen-bond acceptors (Lipinski definition) is 48. The zero-order chi connectivity index (χ0) is 84.1. The molecule has 31 N–H and O–H groups in total. The number of methoxy groups -OCH3 is 7. The maximum absolute atomic E-state index is 11.2. The quantitative estimate of drug-likeness (QED) is 0.0567. The second-order valence-electron chi connectivity index (χ2n) is 25.2. The largest absolute Gasteiger partial charge is 0.477 e. The third-order valence-electron chi connectivity index (χ3n) is 18.0. The Morgan fingerprint density at radius 3 is 0.899 bits per heavy atom. The lowest BCUT2D eigenvalue weighted by Crippen LogP contribution is -2.64. The summed E-state index contributed by atoms with van der Waals surface area (Å²) in [5, 5.41) is 294. The van der Waals surface area contributed by atoms with Crippen molar-refractivity contribution in [3.8, 4) is 6.26 Å². The van der Waals surface area contributed by atoms with Gasteiger partial charge in [-0.15, -0.1) is 0 Å². The van der Waals surface area contributed by atoms with Crippen LogP contribution >= 0.6 is 0 Å². The van der Waals surface area contributed by atoms with Gasteiger partial charge in [0, 0.05) is 62.1 Å². The van der Waals surface area contributed by atoms with Crippen LogP contribution in [0.15, 0.2) is 0 Å². The molecule has 648 valence electrons. The van der Waals surface area contributed by atoms with Gasteiger partial charge < -0.3 is 234 Å². The molecule has 0 aliphatic carbocycles. The standard InChI is InChI=1S/C13H24O11.C11H20O8.3C7H14O6.2C7H14O5.CHNO/c1-21-12-10(20)8(18)11(5(3-15)23-12)24-13-9(19)7(17)6(16)4(2-14)22-13;1-5-6(13)3-11(18-2,10(16)17)19-9(5)8(15)7(14)4-12;3*1-12-7-6(11)5(10)4(9)3(2-8)13-7;2*1-3-4(8)5(9)6(10)7(11-2)12-3;2-1-3/h4-20H,2-3H2,1H3;5-9,12-15H,3-4H2,1-2H3,(H,16,17);3*3-11H,2H2,1H3;2*3-10H,1-2H3;3H/t4?,5?,6-,7-,8+,9?,10?,11+,12-,13-;5-,6-,7-,8-,9?,11-;3?,4-,5+,6?,7+;3?,4-,5+,6?,7-;3?,4-,5-,6?,7-;3?,4-,5+,6?,7?;3?,4-,5-,6?,7?;/m0111010./s1. The number of carboxylic acids is 1. The molecule has 0 spiro atoms. The van der Waals surface area contributed by atoms with Gasteiger partial charge in [-0.2, -0.15) is 5.26 Å². The van der Waals surface area contributed by atoms with Crippen LogP contribution in [0, 0.1) is 17.4 Å². The molecule has 49 nitrogen and oxygen atoms in total. The van der Waals surface area contributed by atoms with Gasteiger partial charge in [0.05, 0.1) is 64.1 Å². The Bertz CT molecular complexity index is 2270. The number of ether oxygens (including phenoxy) is 16. The molecular weight excluding hydrogens is 1500 g/mol. The van der Waals surface area contributed by atoms with Crippen LogP contribution in [-0.4, -0.2) is 499 Å². The molecule has 8 heterocycles. The fourth-order valence-electron chi connectivity index (χ4n) is 11.1. The van der Waals surface area contributed by atoms with Crippen LogP contribution in [0.5, 0.6) is 0 Å². The van der Waals surface area contributed by atoms with E-state index in [0.29, 0.717) is 0 Å². The average molecular weight is 1620 g/mol. The van der Waals surface area contributed by atoms with Crippen LogP contribution in [0.2, 0.25) is 0 Å². The molecule has 8 fully saturated rings. The number of carbonyl (C=O) groups is 1. The van der Waals surface area contributed by atoms with Crippen molar-refractivity contribution in [1.29, 1.82) is 5.26 Å². The van der Waals surface area contributed by atoms with Gasteiger partial charge in [0.2, 0.25) is 0 Å². The summed E-state index contributed by atoms with van der Waals surface area (Å²) in [4.78, 5) is 11.2. The van der Waals surface area contributed by atoms with E-state index in [-0.39, 0.29) is 6.42 Å². The summed E-state index contributed by atoms with van der Waals surface area (Å²) >= 11 is 0. The second kappa shape index (κ2) is 50.4. The molecule has 0 aromatic rings. The van der Waals surface area contributed by atoms with Crippen LogP contribution in [0.4, 0.5) is 0 Å². The number of aliphatic hydroxyl groups excluding tert-OH is 30. The lowest BCUT2D eigenvalue weighted by atomic mass is 9.84. The zero-order valence-corrected chi connectivity index (χ0v) is 60.8. The zero-order valence-electron chi connectivity index (χ0n) is 60.8. The first-order valence-electron chi connectivity index (χ1n) is 33.3. The summed E-state index contributed by atoms with van der Waals surface area (Å²) in [5.41, 5.74) is 0. The highest BCUT2D eigenvalue weighted by Gasteiger charge is 2.55. The predicted octanol–water partition coefficient (Wildman–Crippen LogP) is -17.8. The molecule has 8 aliphatic rings. The summed E-state index contributed by atoms with van der Waals surface area (Å²) < 4.78 is 79.2. The van der Waals surface area contributed by atoms with E-state index in [4.69, 9.17) is 117 Å². The Balaban J connectivity index is 0.000000642. The Hall–Kier alpha value is -3.04. The lowest BCUT2D eigenvalue weighted by Gasteiger charge is -2.45. The molecule has 8 rings (SSSR count). The highest BCUT2D eigenvalue weighted by molar-refractivity contribution is 5.76. The molecule has 8 aliphatic heterocycles. The minimum absolute atomic E-state index is 0.293. The first-order valence-corrected chi connectivity index (χ1v) is 33.3. The molecule has 0 aromatic carbocycles. The predicted molar refractivity (Wildman–Crippen MR) is 343 cm³/mol. The van der Waals surface area contributed by atoms with Gasteiger partial charge in [-0.25, -0.2) is 4.79 Å². The normalized spacial score (nSPS) is 45.3. The first kappa shape index (κ1) is 104. The van der Waals surface area contributed by atoms with Crippen LogP contribution in [0.25, 0.3) is 0 Å². The van der Waals surface area contributed by atoms with Crippen molar-refractivity contribution in [2.75, 3.05) is 89.4 Å². The first-order chi connectivity index (χ1) is 51.0. The van der Waals surface area contributed by atoms with Crippen molar-refractivity contribution in [2.24, 2.45) is 5.92 Å². The molecule has 8 saturated heterocycles. The number of rotatable bonds is 18. The monoisotopic (exact) mass is 1620 g/mol. The van der Waals surface area contributed by atoms with Gasteiger partial charge in [-0.1, -0.05) is 6.92 Å². The van der Waals surface area contributed by atoms with Crippen LogP contribution < -0.4 is 0 Å². The lowest BCUT2D eigenvalue weighted by molar-refractivity contribution is -0.357. The molecule has 0 radical (unpaired) electrons. The van der Waals surface area contributed by atoms with E-state index in [9.17, 15) is 127 Å². The van der Waals surface area contributed by atoms with Crippen molar-refractivity contribution in [3.63, 3.8) is 0 Å². The Labute approximate surface area is 622 Å². The van der Waals surface area contributed by atoms with E-state index in [1.54, 1.807) is 20.8 Å². The molecule has 0 saturated carbocycles. The molecule has 0 amide bonds. The van der Waals surface area contributed by atoms with Gasteiger partial charge in [0.15, 0.2) is 44.0 Å². The van der Waals surface area contributed by atoms with E-state index < -0.39 is 297 Å². The van der Waals surface area contributed by atoms with E-state index in [1.807, 2.05) is 0 Å². The van der Waals surface area contributed by atoms with E-state index in [2.05, 4.69) is 0 Å². The van der Waals surface area contributed by atoms with Crippen molar-refractivity contribution in [2.45, 2.75) is 272 Å². The summed E-state index contributed by atoms with van der Waals surface area (Å²) in [5.74, 6) is -4.14. The maximum Gasteiger partial charge on any atom is 0.364 e. The molecule has 49 heteroatoms.